The van der Waals surface area contributed by atoms with Crippen molar-refractivity contribution in [1.29, 1.82) is 0 Å². The van der Waals surface area contributed by atoms with E-state index in [4.69, 9.17) is 4.74 Å². The summed E-state index contributed by atoms with van der Waals surface area (Å²) in [4.78, 5) is 12.2. The van der Waals surface area contributed by atoms with Crippen LogP contribution in [0, 0.1) is 13.8 Å². The Labute approximate surface area is 107 Å². The number of hydrogen-bond donors (Lipinski definition) is 1. The third-order valence-electron chi connectivity index (χ3n) is 3.53. The first kappa shape index (κ1) is 12.9. The van der Waals surface area contributed by atoms with Gasteiger partial charge in [-0.3, -0.25) is 4.79 Å². The van der Waals surface area contributed by atoms with E-state index in [1.807, 2.05) is 32.0 Å². The highest BCUT2D eigenvalue weighted by atomic mass is 16.5. The second-order valence-corrected chi connectivity index (χ2v) is 4.81. The number of likely N-dealkylation sites (tertiary alicyclic amines) is 1. The topological polar surface area (TPSA) is 49.8 Å². The number of benzene rings is 1. The Bertz CT molecular complexity index is 433. The van der Waals surface area contributed by atoms with Crippen LogP contribution in [-0.2, 0) is 4.79 Å². The minimum atomic E-state index is -0.621. The lowest BCUT2D eigenvalue weighted by molar-refractivity contribution is -0.123. The molecular formula is C14H19NO3. The van der Waals surface area contributed by atoms with Crippen molar-refractivity contribution in [3.8, 4) is 5.75 Å². The summed E-state index contributed by atoms with van der Waals surface area (Å²) in [6.45, 7) is 5.03. The van der Waals surface area contributed by atoms with Gasteiger partial charge in [0.15, 0.2) is 0 Å². The summed E-state index contributed by atoms with van der Waals surface area (Å²) in [5, 5.41) is 9.97. The van der Waals surface area contributed by atoms with Gasteiger partial charge in [0.25, 0.3) is 0 Å². The van der Waals surface area contributed by atoms with Crippen molar-refractivity contribution >= 4 is 6.41 Å². The molecule has 1 aliphatic heterocycles. The molecule has 0 radical (unpaired) electrons. The summed E-state index contributed by atoms with van der Waals surface area (Å²) in [5.41, 5.74) is 2.27. The summed E-state index contributed by atoms with van der Waals surface area (Å²) < 4.78 is 5.88. The van der Waals surface area contributed by atoms with Crippen LogP contribution < -0.4 is 4.74 Å². The van der Waals surface area contributed by atoms with Crippen molar-refractivity contribution in [2.75, 3.05) is 13.1 Å². The number of ether oxygens (including phenoxy) is 1. The highest BCUT2D eigenvalue weighted by molar-refractivity contribution is 5.47. The van der Waals surface area contributed by atoms with Gasteiger partial charge < -0.3 is 14.7 Å². The number of aryl methyl sites for hydroxylation is 1. The Morgan fingerprint density at radius 2 is 2.22 bits per heavy atom. The van der Waals surface area contributed by atoms with E-state index in [1.165, 1.54) is 5.56 Å². The fraction of sp³-hybridized carbons (Fsp3) is 0.500. The van der Waals surface area contributed by atoms with Crippen LogP contribution in [-0.4, -0.2) is 41.7 Å². The molecule has 0 saturated carbocycles. The summed E-state index contributed by atoms with van der Waals surface area (Å²) >= 11 is 0. The van der Waals surface area contributed by atoms with Crippen molar-refractivity contribution < 1.29 is 14.6 Å². The number of β-amino-alcohol motifs (C(OH)–C–C–N with tert-alkyl or cyclic N) is 1. The number of aliphatic hydroxyl groups excluding tert-OH is 1. The summed E-state index contributed by atoms with van der Waals surface area (Å²) in [7, 11) is 0. The van der Waals surface area contributed by atoms with Crippen LogP contribution in [0.1, 0.15) is 17.5 Å². The molecule has 4 heteroatoms. The van der Waals surface area contributed by atoms with Gasteiger partial charge in [0.2, 0.25) is 6.41 Å². The van der Waals surface area contributed by atoms with E-state index in [1.54, 1.807) is 4.90 Å². The molecule has 18 heavy (non-hydrogen) atoms. The second-order valence-electron chi connectivity index (χ2n) is 4.81. The lowest BCUT2D eigenvalue weighted by Crippen LogP contribution is -2.48. The van der Waals surface area contributed by atoms with Crippen molar-refractivity contribution in [2.24, 2.45) is 0 Å². The monoisotopic (exact) mass is 249 g/mol. The van der Waals surface area contributed by atoms with Crippen LogP contribution in [0.2, 0.25) is 0 Å². The number of piperidine rings is 1. The van der Waals surface area contributed by atoms with Crippen molar-refractivity contribution in [3.05, 3.63) is 29.3 Å². The first-order valence-electron chi connectivity index (χ1n) is 6.22. The number of rotatable bonds is 3. The van der Waals surface area contributed by atoms with E-state index < -0.39 is 6.10 Å². The third kappa shape index (κ3) is 2.64. The molecule has 2 atom stereocenters. The molecule has 1 aromatic carbocycles. The summed E-state index contributed by atoms with van der Waals surface area (Å²) in [6, 6.07) is 5.90. The summed E-state index contributed by atoms with van der Waals surface area (Å²) in [5.74, 6) is 0.818. The zero-order chi connectivity index (χ0) is 13.1. The highest BCUT2D eigenvalue weighted by Crippen LogP contribution is 2.24. The number of nitrogens with zero attached hydrogens (tertiary/aromatic N) is 1. The van der Waals surface area contributed by atoms with Crippen LogP contribution in [0.25, 0.3) is 0 Å². The molecule has 1 amide bonds. The first-order valence-corrected chi connectivity index (χ1v) is 6.22. The van der Waals surface area contributed by atoms with Crippen molar-refractivity contribution in [1.82, 2.24) is 4.90 Å². The molecule has 4 nitrogen and oxygen atoms in total. The van der Waals surface area contributed by atoms with Gasteiger partial charge in [-0.1, -0.05) is 12.1 Å². The minimum Gasteiger partial charge on any atom is -0.487 e. The van der Waals surface area contributed by atoms with E-state index in [-0.39, 0.29) is 6.10 Å². The number of carbonyl (C=O) groups is 1. The zero-order valence-electron chi connectivity index (χ0n) is 10.8. The maximum Gasteiger partial charge on any atom is 0.209 e. The van der Waals surface area contributed by atoms with Crippen molar-refractivity contribution in [2.45, 2.75) is 32.5 Å². The van der Waals surface area contributed by atoms with E-state index in [0.29, 0.717) is 19.5 Å². The normalized spacial score (nSPS) is 23.8. The highest BCUT2D eigenvalue weighted by Gasteiger charge is 2.28. The second kappa shape index (κ2) is 5.40. The van der Waals surface area contributed by atoms with Gasteiger partial charge in [-0.05, 0) is 31.0 Å². The minimum absolute atomic E-state index is 0.235. The van der Waals surface area contributed by atoms with Crippen LogP contribution in [0.4, 0.5) is 0 Å². The Balaban J connectivity index is 2.06. The maximum atomic E-state index is 10.6. The lowest BCUT2D eigenvalue weighted by Gasteiger charge is -2.34. The Morgan fingerprint density at radius 1 is 1.44 bits per heavy atom. The Morgan fingerprint density at radius 3 is 2.89 bits per heavy atom. The molecule has 1 saturated heterocycles. The van der Waals surface area contributed by atoms with Gasteiger partial charge in [0.05, 0.1) is 0 Å². The van der Waals surface area contributed by atoms with E-state index in [9.17, 15) is 9.90 Å². The third-order valence-corrected chi connectivity index (χ3v) is 3.53. The van der Waals surface area contributed by atoms with Crippen LogP contribution >= 0.6 is 0 Å². The molecular weight excluding hydrogens is 230 g/mol. The number of carbonyl (C=O) groups excluding carboxylic acids is 1. The van der Waals surface area contributed by atoms with Crippen LogP contribution in [0.5, 0.6) is 5.75 Å². The number of aliphatic hydroxyl groups is 1. The quantitative estimate of drug-likeness (QED) is 0.821. The van der Waals surface area contributed by atoms with Crippen LogP contribution in [0.15, 0.2) is 18.2 Å². The average Bonchev–Trinajstić information content (AvgIpc) is 2.37. The molecule has 0 unspecified atom stereocenters. The Hall–Kier alpha value is -1.55. The van der Waals surface area contributed by atoms with Gasteiger partial charge >= 0.3 is 0 Å². The molecule has 0 spiro atoms. The standard InChI is InChI=1S/C14H19NO3/c1-10-4-3-5-13(11(10)2)18-14-6-7-15(9-16)8-12(14)17/h3-5,9,12,14,17H,6-8H2,1-2H3/t12-,14+/m0/s1. The fourth-order valence-corrected chi connectivity index (χ4v) is 2.18. The maximum absolute atomic E-state index is 10.6. The largest absolute Gasteiger partial charge is 0.487 e. The fourth-order valence-electron chi connectivity index (χ4n) is 2.18. The molecule has 98 valence electrons. The van der Waals surface area contributed by atoms with Gasteiger partial charge in [-0.15, -0.1) is 0 Å². The molecule has 1 fully saturated rings. The van der Waals surface area contributed by atoms with E-state index >= 15 is 0 Å². The van der Waals surface area contributed by atoms with E-state index in [0.717, 1.165) is 17.7 Å². The molecule has 1 heterocycles. The smallest absolute Gasteiger partial charge is 0.209 e. The molecule has 1 N–H and O–H groups in total. The number of hydrogen-bond acceptors (Lipinski definition) is 3. The lowest BCUT2D eigenvalue weighted by atomic mass is 10.0. The van der Waals surface area contributed by atoms with E-state index in [2.05, 4.69) is 0 Å². The molecule has 2 rings (SSSR count). The van der Waals surface area contributed by atoms with Crippen molar-refractivity contribution in [3.63, 3.8) is 0 Å². The zero-order valence-corrected chi connectivity index (χ0v) is 10.8. The molecule has 1 aromatic rings. The average molecular weight is 249 g/mol. The van der Waals surface area contributed by atoms with Gasteiger partial charge in [-0.2, -0.15) is 0 Å². The predicted molar refractivity (Wildman–Crippen MR) is 68.6 cm³/mol. The van der Waals surface area contributed by atoms with Gasteiger partial charge in [0.1, 0.15) is 18.0 Å². The van der Waals surface area contributed by atoms with Gasteiger partial charge in [0, 0.05) is 19.5 Å². The van der Waals surface area contributed by atoms with Gasteiger partial charge in [-0.25, -0.2) is 0 Å². The predicted octanol–water partition coefficient (Wildman–Crippen LogP) is 1.27. The molecule has 0 aliphatic carbocycles. The first-order chi connectivity index (χ1) is 8.61. The number of amides is 1. The Kier molecular flexibility index (Phi) is 3.87. The molecule has 0 bridgehead atoms. The van der Waals surface area contributed by atoms with Crippen LogP contribution in [0.3, 0.4) is 0 Å². The molecule has 0 aromatic heterocycles. The SMILES string of the molecule is Cc1cccc(O[C@@H]2CCN(C=O)C[C@@H]2O)c1C. The molecule has 1 aliphatic rings. The summed E-state index contributed by atoms with van der Waals surface area (Å²) in [6.07, 6.45) is 0.579.